The maximum atomic E-state index is 12.4. The molecule has 21 heavy (non-hydrogen) atoms. The van der Waals surface area contributed by atoms with E-state index in [2.05, 4.69) is 10.3 Å². The molecule has 4 N–H and O–H groups in total. The number of nitrogens with one attached hydrogen (secondary N) is 2. The van der Waals surface area contributed by atoms with Gasteiger partial charge in [0.1, 0.15) is 12.2 Å². The number of imide groups is 1. The van der Waals surface area contributed by atoms with Crippen LogP contribution in [0.1, 0.15) is 30.8 Å². The highest BCUT2D eigenvalue weighted by Gasteiger charge is 2.29. The van der Waals surface area contributed by atoms with Crippen LogP contribution in [-0.2, 0) is 9.59 Å². The normalized spacial score (nSPS) is 12.0. The van der Waals surface area contributed by atoms with Gasteiger partial charge >= 0.3 is 0 Å². The molecule has 7 nitrogen and oxygen atoms in total. The van der Waals surface area contributed by atoms with Gasteiger partial charge in [-0.2, -0.15) is 0 Å². The minimum atomic E-state index is -0.812. The van der Waals surface area contributed by atoms with E-state index < -0.39 is 23.8 Å². The molecule has 0 radical (unpaired) electrons. The SMILES string of the molecule is CNC(=O)CN(C(=O)c1ccc[nH]1)C(=O)[C@@H](N)CC(C)C. The molecule has 1 aromatic heterocycles. The first kappa shape index (κ1) is 16.9. The highest BCUT2D eigenvalue weighted by Crippen LogP contribution is 2.09. The number of carbonyl (C=O) groups is 3. The zero-order valence-electron chi connectivity index (χ0n) is 12.6. The molecule has 116 valence electrons. The number of rotatable bonds is 6. The lowest BCUT2D eigenvalue weighted by atomic mass is 10.0. The van der Waals surface area contributed by atoms with Crippen LogP contribution in [0.25, 0.3) is 0 Å². The lowest BCUT2D eigenvalue weighted by molar-refractivity contribution is -0.134. The molecule has 1 aromatic rings. The number of amides is 3. The summed E-state index contributed by atoms with van der Waals surface area (Å²) in [4.78, 5) is 39.8. The summed E-state index contributed by atoms with van der Waals surface area (Å²) in [5, 5.41) is 2.39. The highest BCUT2D eigenvalue weighted by atomic mass is 16.2. The van der Waals surface area contributed by atoms with E-state index in [-0.39, 0.29) is 18.2 Å². The van der Waals surface area contributed by atoms with Crippen molar-refractivity contribution < 1.29 is 14.4 Å². The predicted molar refractivity (Wildman–Crippen MR) is 78.3 cm³/mol. The van der Waals surface area contributed by atoms with Crippen molar-refractivity contribution >= 4 is 17.7 Å². The molecular weight excluding hydrogens is 272 g/mol. The first-order chi connectivity index (χ1) is 9.86. The number of aromatic nitrogens is 1. The van der Waals surface area contributed by atoms with E-state index in [1.807, 2.05) is 13.8 Å². The fourth-order valence-corrected chi connectivity index (χ4v) is 1.89. The van der Waals surface area contributed by atoms with E-state index >= 15 is 0 Å². The molecule has 0 spiro atoms. The Morgan fingerprint density at radius 2 is 2.05 bits per heavy atom. The zero-order chi connectivity index (χ0) is 16.0. The molecule has 7 heteroatoms. The third kappa shape index (κ3) is 4.71. The smallest absolute Gasteiger partial charge is 0.277 e. The maximum absolute atomic E-state index is 12.4. The van der Waals surface area contributed by atoms with Gasteiger partial charge in [0.2, 0.25) is 11.8 Å². The van der Waals surface area contributed by atoms with Gasteiger partial charge in [-0.3, -0.25) is 19.3 Å². The summed E-state index contributed by atoms with van der Waals surface area (Å²) in [5.41, 5.74) is 6.08. The average Bonchev–Trinajstić information content (AvgIpc) is 2.96. The lowest BCUT2D eigenvalue weighted by Crippen LogP contribution is -2.50. The number of H-pyrrole nitrogens is 1. The fourth-order valence-electron chi connectivity index (χ4n) is 1.89. The predicted octanol–water partition coefficient (Wildman–Crippen LogP) is 0.103. The van der Waals surface area contributed by atoms with Gasteiger partial charge in [0.25, 0.3) is 5.91 Å². The Hall–Kier alpha value is -2.15. The molecule has 0 fully saturated rings. The van der Waals surface area contributed by atoms with Gasteiger partial charge in [0, 0.05) is 13.2 Å². The minimum absolute atomic E-state index is 0.214. The number of likely N-dealkylation sites (N-methyl/N-ethyl adjacent to an activating group) is 1. The maximum Gasteiger partial charge on any atom is 0.277 e. The second kappa shape index (κ2) is 7.58. The number of nitrogens with two attached hydrogens (primary N) is 1. The molecule has 0 saturated heterocycles. The van der Waals surface area contributed by atoms with Gasteiger partial charge in [-0.25, -0.2) is 0 Å². The van der Waals surface area contributed by atoms with Crippen LogP contribution in [0.5, 0.6) is 0 Å². The van der Waals surface area contributed by atoms with Gasteiger partial charge in [0.05, 0.1) is 6.04 Å². The molecule has 1 atom stereocenters. The van der Waals surface area contributed by atoms with E-state index in [1.165, 1.54) is 7.05 Å². The third-order valence-electron chi connectivity index (χ3n) is 2.96. The van der Waals surface area contributed by atoms with Crippen molar-refractivity contribution in [1.29, 1.82) is 0 Å². The second-order valence-electron chi connectivity index (χ2n) is 5.22. The molecule has 0 aliphatic carbocycles. The van der Waals surface area contributed by atoms with Crippen LogP contribution in [0.4, 0.5) is 0 Å². The second-order valence-corrected chi connectivity index (χ2v) is 5.22. The number of carbonyl (C=O) groups excluding carboxylic acids is 3. The topological polar surface area (TPSA) is 108 Å². The average molecular weight is 294 g/mol. The number of aromatic amines is 1. The molecule has 0 bridgehead atoms. The van der Waals surface area contributed by atoms with E-state index in [0.717, 1.165) is 4.90 Å². The minimum Gasteiger partial charge on any atom is -0.358 e. The van der Waals surface area contributed by atoms with Crippen molar-refractivity contribution in [1.82, 2.24) is 15.2 Å². The highest BCUT2D eigenvalue weighted by molar-refractivity contribution is 6.07. The van der Waals surface area contributed by atoms with E-state index in [1.54, 1.807) is 18.3 Å². The fraction of sp³-hybridized carbons (Fsp3) is 0.500. The Morgan fingerprint density at radius 1 is 1.38 bits per heavy atom. The first-order valence-electron chi connectivity index (χ1n) is 6.82. The van der Waals surface area contributed by atoms with E-state index in [9.17, 15) is 14.4 Å². The number of hydrogen-bond donors (Lipinski definition) is 3. The third-order valence-corrected chi connectivity index (χ3v) is 2.96. The lowest BCUT2D eigenvalue weighted by Gasteiger charge is -2.23. The monoisotopic (exact) mass is 294 g/mol. The largest absolute Gasteiger partial charge is 0.358 e. The van der Waals surface area contributed by atoms with Crippen molar-refractivity contribution in [3.63, 3.8) is 0 Å². The van der Waals surface area contributed by atoms with E-state index in [0.29, 0.717) is 6.42 Å². The summed E-state index contributed by atoms with van der Waals surface area (Å²) in [6, 6.07) is 2.37. The van der Waals surface area contributed by atoms with Crippen LogP contribution in [0, 0.1) is 5.92 Å². The molecule has 0 aliphatic rings. The molecule has 0 aliphatic heterocycles. The number of hydrogen-bond acceptors (Lipinski definition) is 4. The summed E-state index contributed by atoms with van der Waals surface area (Å²) in [6.45, 7) is 3.52. The summed E-state index contributed by atoms with van der Waals surface area (Å²) < 4.78 is 0. The Bertz CT molecular complexity index is 496. The van der Waals surface area contributed by atoms with Crippen LogP contribution < -0.4 is 11.1 Å². The van der Waals surface area contributed by atoms with Crippen LogP contribution in [0.15, 0.2) is 18.3 Å². The van der Waals surface area contributed by atoms with Gasteiger partial charge in [-0.1, -0.05) is 13.8 Å². The van der Waals surface area contributed by atoms with Crippen LogP contribution >= 0.6 is 0 Å². The Labute approximate surface area is 123 Å². The van der Waals surface area contributed by atoms with Gasteiger partial charge < -0.3 is 16.0 Å². The van der Waals surface area contributed by atoms with Crippen molar-refractivity contribution in [3.8, 4) is 0 Å². The van der Waals surface area contributed by atoms with Gasteiger partial charge in [-0.15, -0.1) is 0 Å². The van der Waals surface area contributed by atoms with Crippen molar-refractivity contribution in [2.24, 2.45) is 11.7 Å². The summed E-state index contributed by atoms with van der Waals surface area (Å²) in [5.74, 6) is -1.33. The summed E-state index contributed by atoms with van der Waals surface area (Å²) in [7, 11) is 1.44. The first-order valence-corrected chi connectivity index (χ1v) is 6.82. The van der Waals surface area contributed by atoms with Crippen molar-refractivity contribution in [2.75, 3.05) is 13.6 Å². The van der Waals surface area contributed by atoms with Crippen LogP contribution in [0.2, 0.25) is 0 Å². The van der Waals surface area contributed by atoms with Gasteiger partial charge in [-0.05, 0) is 24.5 Å². The van der Waals surface area contributed by atoms with Crippen molar-refractivity contribution in [2.45, 2.75) is 26.3 Å². The standard InChI is InChI=1S/C14H22N4O3/c1-9(2)7-10(15)13(20)18(8-12(19)16-3)14(21)11-5-4-6-17-11/h4-6,9-10,17H,7-8,15H2,1-3H3,(H,16,19)/t10-/m0/s1. The molecule has 3 amide bonds. The Kier molecular flexibility index (Phi) is 6.10. The van der Waals surface area contributed by atoms with Gasteiger partial charge in [0.15, 0.2) is 0 Å². The van der Waals surface area contributed by atoms with Crippen LogP contribution in [-0.4, -0.2) is 47.2 Å². The summed E-state index contributed by atoms with van der Waals surface area (Å²) >= 11 is 0. The molecule has 1 heterocycles. The molecular formula is C14H22N4O3. The Balaban J connectivity index is 2.93. The van der Waals surface area contributed by atoms with Crippen molar-refractivity contribution in [3.05, 3.63) is 24.0 Å². The molecule has 1 rings (SSSR count). The molecule has 0 unspecified atom stereocenters. The summed E-state index contributed by atoms with van der Waals surface area (Å²) in [6.07, 6.45) is 2.02. The number of nitrogens with zero attached hydrogens (tertiary/aromatic N) is 1. The molecule has 0 saturated carbocycles. The zero-order valence-corrected chi connectivity index (χ0v) is 12.6. The Morgan fingerprint density at radius 3 is 2.52 bits per heavy atom. The quantitative estimate of drug-likeness (QED) is 0.691. The van der Waals surface area contributed by atoms with E-state index in [4.69, 9.17) is 5.73 Å². The van der Waals surface area contributed by atoms with Crippen LogP contribution in [0.3, 0.4) is 0 Å². The molecule has 0 aromatic carbocycles.